The minimum absolute atomic E-state index is 0.118. The van der Waals surface area contributed by atoms with Gasteiger partial charge in [-0.1, -0.05) is 24.3 Å². The summed E-state index contributed by atoms with van der Waals surface area (Å²) in [5, 5.41) is 19.0. The average molecular weight is 201 g/mol. The fourth-order valence-corrected chi connectivity index (χ4v) is 1.35. The molecule has 2 rings (SSSR count). The molecule has 0 radical (unpaired) electrons. The van der Waals surface area contributed by atoms with Gasteiger partial charge in [0.25, 0.3) is 0 Å². The van der Waals surface area contributed by atoms with Gasteiger partial charge in [-0.2, -0.15) is 0 Å². The van der Waals surface area contributed by atoms with Gasteiger partial charge in [-0.05, 0) is 18.2 Å². The lowest BCUT2D eigenvalue weighted by Crippen LogP contribution is -2.03. The zero-order valence-electron chi connectivity index (χ0n) is 8.09. The van der Waals surface area contributed by atoms with E-state index in [9.17, 15) is 10.2 Å². The van der Waals surface area contributed by atoms with Gasteiger partial charge < -0.3 is 10.2 Å². The van der Waals surface area contributed by atoms with Gasteiger partial charge in [0.1, 0.15) is 17.2 Å². The summed E-state index contributed by atoms with van der Waals surface area (Å²) in [6.07, 6.45) is 5.84. The summed E-state index contributed by atoms with van der Waals surface area (Å²) >= 11 is 0. The number of hydrogen-bond donors (Lipinski definition) is 2. The second-order valence-electron chi connectivity index (χ2n) is 3.23. The van der Waals surface area contributed by atoms with Crippen LogP contribution in [0.25, 0.3) is 0 Å². The Morgan fingerprint density at radius 3 is 2.67 bits per heavy atom. The van der Waals surface area contributed by atoms with Crippen LogP contribution in [0.2, 0.25) is 0 Å². The van der Waals surface area contributed by atoms with Crippen molar-refractivity contribution in [1.82, 2.24) is 0 Å². The van der Waals surface area contributed by atoms with E-state index in [1.807, 2.05) is 6.08 Å². The van der Waals surface area contributed by atoms with Crippen molar-refractivity contribution in [3.05, 3.63) is 48.3 Å². The second kappa shape index (κ2) is 4.00. The predicted molar refractivity (Wildman–Crippen MR) is 59.7 cm³/mol. The number of aromatic hydroxyl groups is 1. The van der Waals surface area contributed by atoms with Crippen LogP contribution in [-0.4, -0.2) is 15.9 Å². The van der Waals surface area contributed by atoms with Crippen molar-refractivity contribution in [2.75, 3.05) is 0 Å². The maximum absolute atomic E-state index is 9.52. The van der Waals surface area contributed by atoms with Gasteiger partial charge in [-0.15, -0.1) is 0 Å². The summed E-state index contributed by atoms with van der Waals surface area (Å²) < 4.78 is 0. The summed E-state index contributed by atoms with van der Waals surface area (Å²) in [6.45, 7) is 0. The molecule has 1 aliphatic rings. The molecule has 76 valence electrons. The fraction of sp³-hybridized carbons (Fsp3) is 0.0833. The second-order valence-corrected chi connectivity index (χ2v) is 3.23. The molecule has 1 aliphatic carbocycles. The number of para-hydroxylation sites is 2. The highest BCUT2D eigenvalue weighted by Crippen LogP contribution is 2.26. The zero-order chi connectivity index (χ0) is 10.7. The Kier molecular flexibility index (Phi) is 2.54. The molecular weight excluding hydrogens is 190 g/mol. The highest BCUT2D eigenvalue weighted by molar-refractivity contribution is 6.01. The number of benzene rings is 1. The van der Waals surface area contributed by atoms with Crippen LogP contribution in [0.4, 0.5) is 5.69 Å². The van der Waals surface area contributed by atoms with Crippen molar-refractivity contribution < 1.29 is 10.2 Å². The monoisotopic (exact) mass is 201 g/mol. The third-order valence-electron chi connectivity index (χ3n) is 2.13. The Bertz CT molecular complexity index is 458. The van der Waals surface area contributed by atoms with Gasteiger partial charge in [0.05, 0.1) is 5.71 Å². The van der Waals surface area contributed by atoms with E-state index in [-0.39, 0.29) is 11.5 Å². The maximum atomic E-state index is 9.52. The SMILES string of the molecule is OC1=CC=CCC1=Nc1ccccc1O. The molecular formula is C12H11NO2. The van der Waals surface area contributed by atoms with Crippen LogP contribution >= 0.6 is 0 Å². The number of phenolic OH excluding ortho intramolecular Hbond substituents is 1. The van der Waals surface area contributed by atoms with Gasteiger partial charge in [-0.3, -0.25) is 0 Å². The summed E-state index contributed by atoms with van der Waals surface area (Å²) in [5.74, 6) is 0.271. The molecule has 0 saturated carbocycles. The van der Waals surface area contributed by atoms with Gasteiger partial charge in [0.15, 0.2) is 0 Å². The smallest absolute Gasteiger partial charge is 0.141 e. The van der Waals surface area contributed by atoms with E-state index < -0.39 is 0 Å². The minimum atomic E-state index is 0.118. The average Bonchev–Trinajstić information content (AvgIpc) is 2.24. The number of allylic oxidation sites excluding steroid dienone is 4. The van der Waals surface area contributed by atoms with Crippen LogP contribution < -0.4 is 0 Å². The molecule has 15 heavy (non-hydrogen) atoms. The van der Waals surface area contributed by atoms with E-state index in [1.165, 1.54) is 0 Å². The number of aliphatic hydroxyl groups excluding tert-OH is 1. The number of hydrogen-bond acceptors (Lipinski definition) is 3. The number of rotatable bonds is 1. The normalized spacial score (nSPS) is 17.9. The van der Waals surface area contributed by atoms with Gasteiger partial charge >= 0.3 is 0 Å². The predicted octanol–water partition coefficient (Wildman–Crippen LogP) is 2.87. The maximum Gasteiger partial charge on any atom is 0.141 e. The Labute approximate surface area is 87.7 Å². The lowest BCUT2D eigenvalue weighted by Gasteiger charge is -2.06. The first-order valence-corrected chi connectivity index (χ1v) is 4.69. The Morgan fingerprint density at radius 2 is 1.93 bits per heavy atom. The van der Waals surface area contributed by atoms with Crippen molar-refractivity contribution >= 4 is 11.4 Å². The summed E-state index contributed by atoms with van der Waals surface area (Å²) in [6, 6.07) is 6.79. The molecule has 3 heteroatoms. The van der Waals surface area contributed by atoms with Crippen molar-refractivity contribution in [2.24, 2.45) is 4.99 Å². The summed E-state index contributed by atoms with van der Waals surface area (Å²) in [5.41, 5.74) is 1.04. The van der Waals surface area contributed by atoms with E-state index >= 15 is 0 Å². The van der Waals surface area contributed by atoms with Gasteiger partial charge in [0, 0.05) is 6.42 Å². The first-order valence-electron chi connectivity index (χ1n) is 4.69. The number of nitrogens with zero attached hydrogens (tertiary/aromatic N) is 1. The molecule has 0 atom stereocenters. The van der Waals surface area contributed by atoms with Crippen LogP contribution in [0.5, 0.6) is 5.75 Å². The first-order chi connectivity index (χ1) is 7.27. The number of phenols is 1. The molecule has 1 aromatic carbocycles. The van der Waals surface area contributed by atoms with E-state index in [4.69, 9.17) is 0 Å². The van der Waals surface area contributed by atoms with Crippen molar-refractivity contribution in [3.63, 3.8) is 0 Å². The Hall–Kier alpha value is -2.03. The van der Waals surface area contributed by atoms with E-state index in [2.05, 4.69) is 4.99 Å². The standard InChI is InChI=1S/C12H11NO2/c14-11-7-3-1-5-9(11)13-10-6-2-4-8-12(10)15/h1-5,7-8,14-15H,6H2. The van der Waals surface area contributed by atoms with Gasteiger partial charge in [-0.25, -0.2) is 4.99 Å². The topological polar surface area (TPSA) is 52.8 Å². The third-order valence-corrected chi connectivity index (χ3v) is 2.13. The van der Waals surface area contributed by atoms with Crippen LogP contribution in [0.1, 0.15) is 6.42 Å². The lowest BCUT2D eigenvalue weighted by molar-refractivity contribution is 0.441. The Morgan fingerprint density at radius 1 is 1.13 bits per heavy atom. The van der Waals surface area contributed by atoms with Crippen LogP contribution in [0.3, 0.4) is 0 Å². The molecule has 3 nitrogen and oxygen atoms in total. The van der Waals surface area contributed by atoms with Crippen molar-refractivity contribution in [3.8, 4) is 5.75 Å². The molecule has 2 N–H and O–H groups in total. The van der Waals surface area contributed by atoms with Crippen LogP contribution in [0.15, 0.2) is 53.2 Å². The summed E-state index contributed by atoms with van der Waals surface area (Å²) in [4.78, 5) is 4.20. The van der Waals surface area contributed by atoms with Crippen molar-refractivity contribution in [1.29, 1.82) is 0 Å². The van der Waals surface area contributed by atoms with E-state index in [0.29, 0.717) is 17.8 Å². The quantitative estimate of drug-likeness (QED) is 0.734. The largest absolute Gasteiger partial charge is 0.506 e. The van der Waals surface area contributed by atoms with Crippen LogP contribution in [0, 0.1) is 0 Å². The van der Waals surface area contributed by atoms with Crippen molar-refractivity contribution in [2.45, 2.75) is 6.42 Å². The van der Waals surface area contributed by atoms with Gasteiger partial charge in [0.2, 0.25) is 0 Å². The molecule has 0 spiro atoms. The molecule has 0 heterocycles. The number of aliphatic hydroxyl groups is 1. The molecule has 0 amide bonds. The fourth-order valence-electron chi connectivity index (χ4n) is 1.35. The minimum Gasteiger partial charge on any atom is -0.506 e. The molecule has 1 aromatic rings. The lowest BCUT2D eigenvalue weighted by atomic mass is 10.1. The molecule has 0 aliphatic heterocycles. The first kappa shape index (κ1) is 9.52. The zero-order valence-corrected chi connectivity index (χ0v) is 8.09. The summed E-state index contributed by atoms with van der Waals surface area (Å²) in [7, 11) is 0. The molecule has 0 fully saturated rings. The third kappa shape index (κ3) is 2.07. The highest BCUT2D eigenvalue weighted by atomic mass is 16.3. The molecule has 0 aromatic heterocycles. The number of aliphatic imine (C=N–C) groups is 1. The highest BCUT2D eigenvalue weighted by Gasteiger charge is 2.07. The molecule has 0 unspecified atom stereocenters. The molecule has 0 saturated heterocycles. The Balaban J connectivity index is 2.35. The van der Waals surface area contributed by atoms with E-state index in [0.717, 1.165) is 0 Å². The van der Waals surface area contributed by atoms with Crippen LogP contribution in [-0.2, 0) is 0 Å². The molecule has 0 bridgehead atoms. The van der Waals surface area contributed by atoms with E-state index in [1.54, 1.807) is 36.4 Å².